The molecule has 5 nitrogen and oxygen atoms in total. The minimum atomic E-state index is -0.515. The summed E-state index contributed by atoms with van der Waals surface area (Å²) in [4.78, 5) is 22.7. The predicted molar refractivity (Wildman–Crippen MR) is 122 cm³/mol. The molecule has 0 fully saturated rings. The van der Waals surface area contributed by atoms with E-state index in [0.29, 0.717) is 12.1 Å². The molecule has 1 atom stereocenters. The van der Waals surface area contributed by atoms with Gasteiger partial charge in [0.2, 0.25) is 5.91 Å². The first-order valence-corrected chi connectivity index (χ1v) is 10.2. The molecule has 158 valence electrons. The highest BCUT2D eigenvalue weighted by Gasteiger charge is 2.23. The van der Waals surface area contributed by atoms with Crippen molar-refractivity contribution in [2.24, 2.45) is 0 Å². The van der Waals surface area contributed by atoms with Crippen molar-refractivity contribution >= 4 is 22.6 Å². The summed E-state index contributed by atoms with van der Waals surface area (Å²) in [5.74, 6) is 0.412. The lowest BCUT2D eigenvalue weighted by Gasteiger charge is -2.24. The summed E-state index contributed by atoms with van der Waals surface area (Å²) in [5.41, 5.74) is 5.73. The monoisotopic (exact) mass is 416 g/mol. The molecule has 2 N–H and O–H groups in total. The third-order valence-corrected chi connectivity index (χ3v) is 5.23. The van der Waals surface area contributed by atoms with Crippen LogP contribution in [0.4, 0.5) is 10.1 Å². The number of nitrogens with zero attached hydrogens (tertiary/aromatic N) is 2. The Hall–Kier alpha value is -3.51. The summed E-state index contributed by atoms with van der Waals surface area (Å²) >= 11 is 0. The number of rotatable bonds is 6. The molecule has 1 unspecified atom stereocenters. The number of aromatic amines is 1. The Bertz CT molecular complexity index is 1200. The van der Waals surface area contributed by atoms with Gasteiger partial charge in [0.1, 0.15) is 17.7 Å². The van der Waals surface area contributed by atoms with Gasteiger partial charge in [-0.15, -0.1) is 0 Å². The fourth-order valence-electron chi connectivity index (χ4n) is 3.70. The van der Waals surface area contributed by atoms with Crippen molar-refractivity contribution in [3.05, 3.63) is 95.1 Å². The Kier molecular flexibility index (Phi) is 5.82. The molecule has 4 rings (SSSR count). The fourth-order valence-corrected chi connectivity index (χ4v) is 3.70. The number of nitrogens with one attached hydrogen (secondary N) is 2. The summed E-state index contributed by atoms with van der Waals surface area (Å²) in [6.07, 6.45) is 0.678. The number of aromatic nitrogens is 2. The van der Waals surface area contributed by atoms with Gasteiger partial charge in [0, 0.05) is 12.1 Å². The first-order valence-electron chi connectivity index (χ1n) is 10.2. The maximum Gasteiger partial charge on any atom is 0.246 e. The van der Waals surface area contributed by atoms with E-state index >= 15 is 0 Å². The molecular weight excluding hydrogens is 391 g/mol. The maximum absolute atomic E-state index is 13.3. The number of anilines is 1. The second-order valence-electron chi connectivity index (χ2n) is 7.98. The summed E-state index contributed by atoms with van der Waals surface area (Å²) in [6.45, 7) is 2.06. The van der Waals surface area contributed by atoms with Gasteiger partial charge in [0.25, 0.3) is 0 Å². The van der Waals surface area contributed by atoms with Crippen LogP contribution in [-0.4, -0.2) is 34.9 Å². The van der Waals surface area contributed by atoms with E-state index in [1.54, 1.807) is 17.0 Å². The number of carbonyl (C=O) groups excluding carboxylic acids is 1. The van der Waals surface area contributed by atoms with Gasteiger partial charge in [-0.2, -0.15) is 0 Å². The first-order chi connectivity index (χ1) is 14.9. The number of hydrogen-bond donors (Lipinski definition) is 2. The molecule has 0 saturated heterocycles. The van der Waals surface area contributed by atoms with E-state index < -0.39 is 6.04 Å². The third kappa shape index (κ3) is 4.81. The number of carbonyl (C=O) groups is 1. The van der Waals surface area contributed by atoms with E-state index in [1.807, 2.05) is 44.4 Å². The van der Waals surface area contributed by atoms with Gasteiger partial charge in [0.05, 0.1) is 11.0 Å². The van der Waals surface area contributed by atoms with Crippen LogP contribution in [0.2, 0.25) is 0 Å². The van der Waals surface area contributed by atoms with Gasteiger partial charge in [-0.25, -0.2) is 9.37 Å². The molecule has 4 aromatic rings. The average molecular weight is 417 g/mol. The lowest BCUT2D eigenvalue weighted by atomic mass is 10.0. The third-order valence-electron chi connectivity index (χ3n) is 5.23. The topological polar surface area (TPSA) is 61.0 Å². The van der Waals surface area contributed by atoms with E-state index in [1.165, 1.54) is 17.7 Å². The summed E-state index contributed by atoms with van der Waals surface area (Å²) < 4.78 is 13.3. The molecule has 0 bridgehead atoms. The van der Waals surface area contributed by atoms with Crippen molar-refractivity contribution in [2.45, 2.75) is 19.4 Å². The number of amides is 1. The quantitative estimate of drug-likeness (QED) is 0.473. The number of benzene rings is 3. The van der Waals surface area contributed by atoms with E-state index in [-0.39, 0.29) is 11.7 Å². The Morgan fingerprint density at radius 3 is 2.45 bits per heavy atom. The zero-order valence-corrected chi connectivity index (χ0v) is 17.8. The number of fused-ring (bicyclic) bond motifs is 1. The van der Waals surface area contributed by atoms with Gasteiger partial charge >= 0.3 is 0 Å². The van der Waals surface area contributed by atoms with Crippen LogP contribution in [-0.2, 0) is 11.2 Å². The summed E-state index contributed by atoms with van der Waals surface area (Å²) in [6, 6.07) is 19.4. The van der Waals surface area contributed by atoms with Crippen molar-refractivity contribution in [3.63, 3.8) is 0 Å². The molecule has 31 heavy (non-hydrogen) atoms. The molecule has 0 aliphatic carbocycles. The minimum absolute atomic E-state index is 0.169. The number of imidazole rings is 1. The molecule has 0 radical (unpaired) electrons. The largest absolute Gasteiger partial charge is 0.342 e. The van der Waals surface area contributed by atoms with Crippen LogP contribution < -0.4 is 5.32 Å². The number of H-pyrrole nitrogens is 1. The maximum atomic E-state index is 13.3. The number of aryl methyl sites for hydroxylation is 1. The van der Waals surface area contributed by atoms with Crippen LogP contribution in [0.3, 0.4) is 0 Å². The molecular formula is C25H25FN4O. The van der Waals surface area contributed by atoms with Crippen molar-refractivity contribution in [2.75, 3.05) is 19.4 Å². The number of halogens is 1. The normalized spacial score (nSPS) is 12.3. The summed E-state index contributed by atoms with van der Waals surface area (Å²) in [7, 11) is 3.65. The Morgan fingerprint density at radius 2 is 1.77 bits per heavy atom. The van der Waals surface area contributed by atoms with Crippen molar-refractivity contribution in [1.82, 2.24) is 14.9 Å². The van der Waals surface area contributed by atoms with Crippen LogP contribution in [0.15, 0.2) is 66.7 Å². The van der Waals surface area contributed by atoms with Gasteiger partial charge in [0.15, 0.2) is 0 Å². The second-order valence-corrected chi connectivity index (χ2v) is 7.98. The predicted octanol–water partition coefficient (Wildman–Crippen LogP) is 4.84. The summed E-state index contributed by atoms with van der Waals surface area (Å²) in [5, 5.41) is 2.96. The van der Waals surface area contributed by atoms with Crippen LogP contribution >= 0.6 is 0 Å². The van der Waals surface area contributed by atoms with E-state index in [9.17, 15) is 9.18 Å². The SMILES string of the molecule is Cc1ccc2nc(Cc3ccc(NC(=O)C(c4ccc(F)cc4)N(C)C)cc3)[nH]c2c1. The van der Waals surface area contributed by atoms with Gasteiger partial charge in [-0.3, -0.25) is 9.69 Å². The standard InChI is InChI=1S/C25H25FN4O/c1-16-4-13-21-22(14-16)29-23(28-21)15-17-5-11-20(12-6-17)27-25(31)24(30(2)3)18-7-9-19(26)10-8-18/h4-14,24H,15H2,1-3H3,(H,27,31)(H,28,29). The molecule has 1 aromatic heterocycles. The smallest absolute Gasteiger partial charge is 0.246 e. The van der Waals surface area contributed by atoms with Crippen LogP contribution in [0, 0.1) is 12.7 Å². The Balaban J connectivity index is 1.45. The Labute approximate surface area is 180 Å². The molecule has 0 aliphatic heterocycles. The van der Waals surface area contributed by atoms with E-state index in [0.717, 1.165) is 28.0 Å². The van der Waals surface area contributed by atoms with Crippen LogP contribution in [0.1, 0.15) is 28.6 Å². The van der Waals surface area contributed by atoms with Gasteiger partial charge in [-0.05, 0) is 74.1 Å². The average Bonchev–Trinajstić information content (AvgIpc) is 3.12. The van der Waals surface area contributed by atoms with Crippen molar-refractivity contribution < 1.29 is 9.18 Å². The highest BCUT2D eigenvalue weighted by molar-refractivity contribution is 5.95. The number of hydrogen-bond acceptors (Lipinski definition) is 3. The van der Waals surface area contributed by atoms with Crippen molar-refractivity contribution in [1.29, 1.82) is 0 Å². The molecule has 6 heteroatoms. The Morgan fingerprint density at radius 1 is 1.06 bits per heavy atom. The fraction of sp³-hybridized carbons (Fsp3) is 0.200. The van der Waals surface area contributed by atoms with Gasteiger partial charge < -0.3 is 10.3 Å². The first kappa shape index (κ1) is 20.8. The minimum Gasteiger partial charge on any atom is -0.342 e. The lowest BCUT2D eigenvalue weighted by Crippen LogP contribution is -2.32. The van der Waals surface area contributed by atoms with E-state index in [2.05, 4.69) is 34.3 Å². The molecule has 0 spiro atoms. The highest BCUT2D eigenvalue weighted by atomic mass is 19.1. The molecule has 0 aliphatic rings. The molecule has 0 saturated carbocycles. The van der Waals surface area contributed by atoms with Crippen molar-refractivity contribution in [3.8, 4) is 0 Å². The molecule has 3 aromatic carbocycles. The highest BCUT2D eigenvalue weighted by Crippen LogP contribution is 2.22. The zero-order chi connectivity index (χ0) is 22.0. The number of likely N-dealkylation sites (N-methyl/N-ethyl adjacent to an activating group) is 1. The second kappa shape index (κ2) is 8.70. The zero-order valence-electron chi connectivity index (χ0n) is 17.8. The van der Waals surface area contributed by atoms with Crippen LogP contribution in [0.5, 0.6) is 0 Å². The molecule has 1 amide bonds. The van der Waals surface area contributed by atoms with E-state index in [4.69, 9.17) is 0 Å². The lowest BCUT2D eigenvalue weighted by molar-refractivity contribution is -0.120. The van der Waals surface area contributed by atoms with Gasteiger partial charge in [-0.1, -0.05) is 30.3 Å². The molecule has 1 heterocycles. The van der Waals surface area contributed by atoms with Crippen LogP contribution in [0.25, 0.3) is 11.0 Å².